The monoisotopic (exact) mass is 387 g/mol. The molecule has 2 saturated heterocycles. The lowest BCUT2D eigenvalue weighted by atomic mass is 10.1. The zero-order valence-corrected chi connectivity index (χ0v) is 15.4. The number of hydrogen-bond donors (Lipinski definition) is 0. The number of hydrogen-bond acceptors (Lipinski definition) is 4. The summed E-state index contributed by atoms with van der Waals surface area (Å²) >= 11 is 6.07. The van der Waals surface area contributed by atoms with Crippen LogP contribution in [-0.2, 0) is 9.59 Å². The first-order valence-electron chi connectivity index (χ1n) is 8.90. The second-order valence-corrected chi connectivity index (χ2v) is 7.20. The zero-order valence-electron chi connectivity index (χ0n) is 14.6. The summed E-state index contributed by atoms with van der Waals surface area (Å²) in [7, 11) is 0. The van der Waals surface area contributed by atoms with Gasteiger partial charge in [0.2, 0.25) is 5.91 Å². The van der Waals surface area contributed by atoms with Crippen molar-refractivity contribution in [2.45, 2.75) is 12.5 Å². The van der Waals surface area contributed by atoms with Crippen LogP contribution in [0.25, 0.3) is 0 Å². The van der Waals surface area contributed by atoms with Gasteiger partial charge in [-0.25, -0.2) is 9.29 Å². The molecule has 5 nitrogen and oxygen atoms in total. The van der Waals surface area contributed by atoms with E-state index in [4.69, 9.17) is 11.6 Å². The van der Waals surface area contributed by atoms with Crippen molar-refractivity contribution in [2.24, 2.45) is 0 Å². The molecule has 2 aromatic rings. The van der Waals surface area contributed by atoms with Crippen LogP contribution >= 0.6 is 11.6 Å². The van der Waals surface area contributed by atoms with Gasteiger partial charge in [-0.05, 0) is 42.5 Å². The van der Waals surface area contributed by atoms with E-state index in [0.29, 0.717) is 23.8 Å². The summed E-state index contributed by atoms with van der Waals surface area (Å²) in [4.78, 5) is 30.7. The quantitative estimate of drug-likeness (QED) is 0.759. The highest BCUT2D eigenvalue weighted by molar-refractivity contribution is 6.30. The molecule has 0 bridgehead atoms. The van der Waals surface area contributed by atoms with Gasteiger partial charge in [-0.2, -0.15) is 0 Å². The molecule has 0 saturated carbocycles. The number of anilines is 2. The van der Waals surface area contributed by atoms with E-state index in [2.05, 4.69) is 9.80 Å². The number of nitrogens with zero attached hydrogens (tertiary/aromatic N) is 3. The molecule has 7 heteroatoms. The van der Waals surface area contributed by atoms with Gasteiger partial charge >= 0.3 is 0 Å². The fourth-order valence-corrected chi connectivity index (χ4v) is 3.91. The maximum atomic E-state index is 13.1. The summed E-state index contributed by atoms with van der Waals surface area (Å²) in [6, 6.07) is 12.7. The molecular weight excluding hydrogens is 369 g/mol. The summed E-state index contributed by atoms with van der Waals surface area (Å²) in [6.07, 6.45) is 0.160. The van der Waals surface area contributed by atoms with Gasteiger partial charge in [-0.3, -0.25) is 14.5 Å². The fourth-order valence-electron chi connectivity index (χ4n) is 3.73. The van der Waals surface area contributed by atoms with Gasteiger partial charge in [-0.15, -0.1) is 0 Å². The van der Waals surface area contributed by atoms with Crippen molar-refractivity contribution in [2.75, 3.05) is 36.0 Å². The number of amides is 2. The first-order chi connectivity index (χ1) is 13.0. The maximum absolute atomic E-state index is 13.1. The second-order valence-electron chi connectivity index (χ2n) is 6.77. The molecule has 0 radical (unpaired) electrons. The molecule has 140 valence electrons. The first kappa shape index (κ1) is 17.9. The molecule has 2 amide bonds. The van der Waals surface area contributed by atoms with Crippen LogP contribution in [0.4, 0.5) is 15.8 Å². The van der Waals surface area contributed by atoms with Crippen LogP contribution in [0, 0.1) is 5.82 Å². The van der Waals surface area contributed by atoms with E-state index in [1.165, 1.54) is 29.2 Å². The van der Waals surface area contributed by atoms with Crippen LogP contribution in [-0.4, -0.2) is 48.9 Å². The van der Waals surface area contributed by atoms with Crippen LogP contribution in [0.3, 0.4) is 0 Å². The number of imide groups is 1. The Bertz CT molecular complexity index is 866. The van der Waals surface area contributed by atoms with E-state index in [0.717, 1.165) is 18.8 Å². The Kier molecular flexibility index (Phi) is 4.85. The molecule has 2 aromatic carbocycles. The van der Waals surface area contributed by atoms with E-state index in [1.807, 2.05) is 24.3 Å². The SMILES string of the molecule is O=C1C[C@H](N2CCN(c3cccc(Cl)c3)CC2)C(=O)N1c1ccc(F)cc1. The zero-order chi connectivity index (χ0) is 19.0. The molecule has 2 fully saturated rings. The standard InChI is InChI=1S/C20H19ClFN3O2/c21-14-2-1-3-17(12-14)23-8-10-24(11-9-23)18-13-19(26)25(20(18)27)16-6-4-15(22)5-7-16/h1-7,12,18H,8-11,13H2/t18-/m0/s1. The highest BCUT2D eigenvalue weighted by Gasteiger charge is 2.43. The van der Waals surface area contributed by atoms with Crippen molar-refractivity contribution in [1.82, 2.24) is 4.90 Å². The minimum absolute atomic E-state index is 0.160. The number of benzene rings is 2. The third-order valence-corrected chi connectivity index (χ3v) is 5.37. The van der Waals surface area contributed by atoms with Gasteiger partial charge in [0.1, 0.15) is 5.82 Å². The van der Waals surface area contributed by atoms with Gasteiger partial charge in [0, 0.05) is 36.9 Å². The molecule has 4 rings (SSSR count). The molecule has 2 aliphatic heterocycles. The third kappa shape index (κ3) is 3.55. The molecule has 0 unspecified atom stereocenters. The Morgan fingerprint density at radius 2 is 1.63 bits per heavy atom. The summed E-state index contributed by atoms with van der Waals surface area (Å²) in [5.74, 6) is -0.872. The molecule has 2 heterocycles. The predicted molar refractivity (Wildman–Crippen MR) is 103 cm³/mol. The van der Waals surface area contributed by atoms with Gasteiger partial charge in [0.25, 0.3) is 5.91 Å². The van der Waals surface area contributed by atoms with Crippen LogP contribution in [0.15, 0.2) is 48.5 Å². The lowest BCUT2D eigenvalue weighted by Gasteiger charge is -2.38. The lowest BCUT2D eigenvalue weighted by molar-refractivity contribution is -0.123. The van der Waals surface area contributed by atoms with Crippen molar-refractivity contribution >= 4 is 34.8 Å². The van der Waals surface area contributed by atoms with E-state index < -0.39 is 11.9 Å². The van der Waals surface area contributed by atoms with E-state index >= 15 is 0 Å². The second kappa shape index (κ2) is 7.29. The highest BCUT2D eigenvalue weighted by Crippen LogP contribution is 2.27. The van der Waals surface area contributed by atoms with Crippen LogP contribution in [0.1, 0.15) is 6.42 Å². The molecule has 0 spiro atoms. The normalized spacial score (nSPS) is 21.2. The van der Waals surface area contributed by atoms with Gasteiger partial charge < -0.3 is 4.90 Å². The molecular formula is C20H19ClFN3O2. The van der Waals surface area contributed by atoms with E-state index in [9.17, 15) is 14.0 Å². The summed E-state index contributed by atoms with van der Waals surface area (Å²) in [5, 5.41) is 0.696. The molecule has 1 atom stereocenters. The minimum atomic E-state index is -0.455. The maximum Gasteiger partial charge on any atom is 0.251 e. The predicted octanol–water partition coefficient (Wildman–Crippen LogP) is 2.93. The fraction of sp³-hybridized carbons (Fsp3) is 0.300. The third-order valence-electron chi connectivity index (χ3n) is 5.14. The number of carbonyl (C=O) groups excluding carboxylic acids is 2. The summed E-state index contributed by atoms with van der Waals surface area (Å²) in [5.41, 5.74) is 1.48. The highest BCUT2D eigenvalue weighted by atomic mass is 35.5. The van der Waals surface area contributed by atoms with Gasteiger partial charge in [0.15, 0.2) is 0 Å². The molecule has 0 aromatic heterocycles. The topological polar surface area (TPSA) is 43.9 Å². The number of carbonyl (C=O) groups is 2. The Hall–Kier alpha value is -2.44. The van der Waals surface area contributed by atoms with Crippen molar-refractivity contribution in [3.05, 3.63) is 59.4 Å². The van der Waals surface area contributed by atoms with Crippen molar-refractivity contribution in [3.8, 4) is 0 Å². The smallest absolute Gasteiger partial charge is 0.251 e. The van der Waals surface area contributed by atoms with Crippen molar-refractivity contribution < 1.29 is 14.0 Å². The number of piperazine rings is 1. The largest absolute Gasteiger partial charge is 0.369 e. The Balaban J connectivity index is 1.43. The Labute approximate surface area is 161 Å². The number of rotatable bonds is 3. The van der Waals surface area contributed by atoms with E-state index in [-0.39, 0.29) is 18.2 Å². The number of halogens is 2. The first-order valence-corrected chi connectivity index (χ1v) is 9.27. The molecule has 2 aliphatic rings. The Morgan fingerprint density at radius 3 is 2.30 bits per heavy atom. The van der Waals surface area contributed by atoms with Crippen LogP contribution in [0.2, 0.25) is 5.02 Å². The summed E-state index contributed by atoms with van der Waals surface area (Å²) in [6.45, 7) is 2.89. The molecule has 27 heavy (non-hydrogen) atoms. The molecule has 0 aliphatic carbocycles. The lowest BCUT2D eigenvalue weighted by Crippen LogP contribution is -2.52. The van der Waals surface area contributed by atoms with Crippen molar-refractivity contribution in [1.29, 1.82) is 0 Å². The van der Waals surface area contributed by atoms with Gasteiger partial charge in [0.05, 0.1) is 18.2 Å². The van der Waals surface area contributed by atoms with Crippen LogP contribution < -0.4 is 9.80 Å². The minimum Gasteiger partial charge on any atom is -0.369 e. The van der Waals surface area contributed by atoms with E-state index in [1.54, 1.807) is 0 Å². The Morgan fingerprint density at radius 1 is 0.926 bits per heavy atom. The van der Waals surface area contributed by atoms with Crippen molar-refractivity contribution in [3.63, 3.8) is 0 Å². The van der Waals surface area contributed by atoms with Gasteiger partial charge in [-0.1, -0.05) is 17.7 Å². The average molecular weight is 388 g/mol. The average Bonchev–Trinajstić information content (AvgIpc) is 2.97. The molecule has 0 N–H and O–H groups in total. The van der Waals surface area contributed by atoms with Crippen LogP contribution in [0.5, 0.6) is 0 Å². The summed E-state index contributed by atoms with van der Waals surface area (Å²) < 4.78 is 13.1.